The molecule has 1 fully saturated rings. The number of aromatic nitrogens is 2. The molecule has 5 nitrogen and oxygen atoms in total. The number of para-hydroxylation sites is 1. The average molecular weight is 298 g/mol. The fraction of sp³-hybridized carbons (Fsp3) is 0.375. The molecule has 0 radical (unpaired) electrons. The van der Waals surface area contributed by atoms with Gasteiger partial charge in [-0.3, -0.25) is 0 Å². The molecule has 1 aromatic carbocycles. The zero-order valence-corrected chi connectivity index (χ0v) is 13.2. The molecular weight excluding hydrogens is 279 g/mol. The maximum absolute atomic E-state index is 5.95. The van der Waals surface area contributed by atoms with Gasteiger partial charge in [0.2, 0.25) is 5.88 Å². The molecule has 0 spiro atoms. The van der Waals surface area contributed by atoms with Crippen molar-refractivity contribution >= 4 is 12.8 Å². The van der Waals surface area contributed by atoms with Crippen molar-refractivity contribution < 1.29 is 14.0 Å². The molecule has 2 aromatic rings. The van der Waals surface area contributed by atoms with Crippen molar-refractivity contribution in [2.24, 2.45) is 0 Å². The first kappa shape index (κ1) is 15.0. The highest BCUT2D eigenvalue weighted by atomic mass is 16.7. The second kappa shape index (κ2) is 5.37. The molecule has 3 rings (SSSR count). The lowest BCUT2D eigenvalue weighted by Crippen LogP contribution is -2.41. The van der Waals surface area contributed by atoms with Crippen molar-refractivity contribution in [1.82, 2.24) is 9.97 Å². The Morgan fingerprint density at radius 1 is 0.955 bits per heavy atom. The summed E-state index contributed by atoms with van der Waals surface area (Å²) in [5.74, 6) is 1.19. The summed E-state index contributed by atoms with van der Waals surface area (Å²) < 4.78 is 17.6. The normalized spacial score (nSPS) is 19.2. The Hall–Kier alpha value is -1.92. The predicted octanol–water partition coefficient (Wildman–Crippen LogP) is 2.57. The molecule has 1 aliphatic heterocycles. The Bertz CT molecular complexity index is 645. The van der Waals surface area contributed by atoms with Crippen molar-refractivity contribution in [3.05, 3.63) is 42.6 Å². The van der Waals surface area contributed by atoms with E-state index in [2.05, 4.69) is 9.97 Å². The van der Waals surface area contributed by atoms with E-state index in [9.17, 15) is 0 Å². The van der Waals surface area contributed by atoms with Crippen LogP contribution in [0.1, 0.15) is 27.7 Å². The molecule has 6 heteroatoms. The zero-order chi connectivity index (χ0) is 15.8. The first-order chi connectivity index (χ1) is 10.4. The third kappa shape index (κ3) is 2.84. The molecule has 0 bridgehead atoms. The number of hydrogen-bond donors (Lipinski definition) is 0. The van der Waals surface area contributed by atoms with Gasteiger partial charge < -0.3 is 14.0 Å². The minimum Gasteiger partial charge on any atom is -0.439 e. The van der Waals surface area contributed by atoms with Crippen LogP contribution in [-0.4, -0.2) is 28.3 Å². The number of hydrogen-bond acceptors (Lipinski definition) is 5. The van der Waals surface area contributed by atoms with Crippen LogP contribution in [-0.2, 0) is 9.31 Å². The highest BCUT2D eigenvalue weighted by Gasteiger charge is 2.53. The second-order valence-electron chi connectivity index (χ2n) is 6.26. The molecule has 0 unspecified atom stereocenters. The monoisotopic (exact) mass is 298 g/mol. The summed E-state index contributed by atoms with van der Waals surface area (Å²) in [5, 5.41) is 0. The van der Waals surface area contributed by atoms with Crippen LogP contribution in [0.2, 0.25) is 0 Å². The Labute approximate surface area is 130 Å². The van der Waals surface area contributed by atoms with Gasteiger partial charge in [-0.15, -0.1) is 0 Å². The fourth-order valence-electron chi connectivity index (χ4n) is 2.08. The standard InChI is InChI=1S/C16H19BN2O3/c1-15(2)16(3,4)22-17(21-15)14-18-11-10-13(19-14)20-12-8-6-5-7-9-12/h5-11H,1-4H3. The Balaban J connectivity index is 1.81. The Morgan fingerprint density at radius 3 is 2.23 bits per heavy atom. The third-order valence-corrected chi connectivity index (χ3v) is 4.08. The molecule has 114 valence electrons. The maximum atomic E-state index is 5.95. The van der Waals surface area contributed by atoms with Crippen molar-refractivity contribution in [3.8, 4) is 11.6 Å². The highest BCUT2D eigenvalue weighted by molar-refractivity contribution is 6.60. The summed E-state index contributed by atoms with van der Waals surface area (Å²) >= 11 is 0. The summed E-state index contributed by atoms with van der Waals surface area (Å²) in [6.07, 6.45) is 1.64. The Morgan fingerprint density at radius 2 is 1.59 bits per heavy atom. The lowest BCUT2D eigenvalue weighted by atomic mass is 9.89. The topological polar surface area (TPSA) is 53.5 Å². The van der Waals surface area contributed by atoms with Gasteiger partial charge in [-0.25, -0.2) is 9.97 Å². The van der Waals surface area contributed by atoms with Gasteiger partial charge in [0.05, 0.1) is 11.2 Å². The van der Waals surface area contributed by atoms with Crippen molar-refractivity contribution in [3.63, 3.8) is 0 Å². The lowest BCUT2D eigenvalue weighted by molar-refractivity contribution is 0.00578. The predicted molar refractivity (Wildman–Crippen MR) is 84.3 cm³/mol. The van der Waals surface area contributed by atoms with Crippen LogP contribution in [0.25, 0.3) is 0 Å². The van der Waals surface area contributed by atoms with Crippen LogP contribution in [0, 0.1) is 0 Å². The van der Waals surface area contributed by atoms with Crippen molar-refractivity contribution in [2.45, 2.75) is 38.9 Å². The summed E-state index contributed by atoms with van der Waals surface area (Å²) in [6, 6.07) is 11.2. The molecule has 22 heavy (non-hydrogen) atoms. The van der Waals surface area contributed by atoms with Crippen LogP contribution in [0.15, 0.2) is 42.6 Å². The second-order valence-corrected chi connectivity index (χ2v) is 6.26. The van der Waals surface area contributed by atoms with Crippen LogP contribution in [0.5, 0.6) is 11.6 Å². The number of rotatable bonds is 3. The third-order valence-electron chi connectivity index (χ3n) is 4.08. The van der Waals surface area contributed by atoms with Gasteiger partial charge in [0.25, 0.3) is 0 Å². The smallest absolute Gasteiger partial charge is 0.439 e. The molecule has 1 aromatic heterocycles. The summed E-state index contributed by atoms with van der Waals surface area (Å²) in [4.78, 5) is 8.65. The average Bonchev–Trinajstić information content (AvgIpc) is 2.69. The summed E-state index contributed by atoms with van der Waals surface area (Å²) in [5.41, 5.74) is -0.374. The van der Waals surface area contributed by atoms with Crippen LogP contribution in [0.3, 0.4) is 0 Å². The van der Waals surface area contributed by atoms with E-state index in [1.807, 2.05) is 58.0 Å². The van der Waals surface area contributed by atoms with E-state index in [0.29, 0.717) is 11.6 Å². The van der Waals surface area contributed by atoms with Gasteiger partial charge in [0, 0.05) is 12.3 Å². The first-order valence-electron chi connectivity index (χ1n) is 7.29. The quantitative estimate of drug-likeness (QED) is 0.815. The highest BCUT2D eigenvalue weighted by Crippen LogP contribution is 2.36. The van der Waals surface area contributed by atoms with Gasteiger partial charge in [0.1, 0.15) is 5.75 Å². The molecule has 0 N–H and O–H groups in total. The van der Waals surface area contributed by atoms with E-state index in [1.54, 1.807) is 12.3 Å². The minimum atomic E-state index is -0.593. The van der Waals surface area contributed by atoms with Gasteiger partial charge in [-0.05, 0) is 39.8 Å². The van der Waals surface area contributed by atoms with Crippen molar-refractivity contribution in [2.75, 3.05) is 0 Å². The Kier molecular flexibility index (Phi) is 3.66. The molecule has 0 amide bonds. The van der Waals surface area contributed by atoms with Gasteiger partial charge >= 0.3 is 7.12 Å². The number of ether oxygens (including phenoxy) is 1. The van der Waals surface area contributed by atoms with E-state index in [1.165, 1.54) is 0 Å². The first-order valence-corrected chi connectivity index (χ1v) is 7.29. The molecule has 1 saturated heterocycles. The molecule has 0 atom stereocenters. The molecule has 2 heterocycles. The molecular formula is C16H19BN2O3. The van der Waals surface area contributed by atoms with Crippen molar-refractivity contribution in [1.29, 1.82) is 0 Å². The number of nitrogens with zero attached hydrogens (tertiary/aromatic N) is 2. The van der Waals surface area contributed by atoms with E-state index in [-0.39, 0.29) is 0 Å². The van der Waals surface area contributed by atoms with E-state index < -0.39 is 18.3 Å². The van der Waals surface area contributed by atoms with Crippen LogP contribution in [0.4, 0.5) is 0 Å². The largest absolute Gasteiger partial charge is 0.534 e. The molecule has 0 aliphatic carbocycles. The maximum Gasteiger partial charge on any atom is 0.534 e. The van der Waals surface area contributed by atoms with Gasteiger partial charge in [-0.1, -0.05) is 18.2 Å². The van der Waals surface area contributed by atoms with E-state index >= 15 is 0 Å². The molecule has 0 saturated carbocycles. The van der Waals surface area contributed by atoms with Gasteiger partial charge in [0.15, 0.2) is 5.72 Å². The summed E-state index contributed by atoms with van der Waals surface area (Å²) in [7, 11) is -0.593. The molecule has 1 aliphatic rings. The number of benzene rings is 1. The summed E-state index contributed by atoms with van der Waals surface area (Å²) in [6.45, 7) is 7.99. The van der Waals surface area contributed by atoms with E-state index in [4.69, 9.17) is 14.0 Å². The van der Waals surface area contributed by atoms with Crippen LogP contribution < -0.4 is 10.5 Å². The van der Waals surface area contributed by atoms with E-state index in [0.717, 1.165) is 5.75 Å². The fourth-order valence-corrected chi connectivity index (χ4v) is 2.08. The van der Waals surface area contributed by atoms with Crippen LogP contribution >= 0.6 is 0 Å². The lowest BCUT2D eigenvalue weighted by Gasteiger charge is -2.32. The minimum absolute atomic E-state index is 0.419. The van der Waals surface area contributed by atoms with Gasteiger partial charge in [-0.2, -0.15) is 0 Å². The zero-order valence-electron chi connectivity index (χ0n) is 13.2. The SMILES string of the molecule is CC1(C)OB(c2nccc(Oc3ccccc3)n2)OC1(C)C.